The summed E-state index contributed by atoms with van der Waals surface area (Å²) in [5.41, 5.74) is 2.10. The lowest BCUT2D eigenvalue weighted by atomic mass is 10.1. The molecule has 0 radical (unpaired) electrons. The SMILES string of the molecule is C[C@H]1CCCN1C(=O)C(O)C(O)C(=O)NCc1cc(Cc2ccccc2Cl)cs1. The van der Waals surface area contributed by atoms with Gasteiger partial charge in [-0.05, 0) is 54.8 Å². The molecule has 3 rings (SSSR count). The van der Waals surface area contributed by atoms with Crippen LogP contribution in [0.3, 0.4) is 0 Å². The number of nitrogens with one attached hydrogen (secondary N) is 1. The highest BCUT2D eigenvalue weighted by molar-refractivity contribution is 7.10. The highest BCUT2D eigenvalue weighted by Crippen LogP contribution is 2.23. The second-order valence-electron chi connectivity index (χ2n) is 7.32. The van der Waals surface area contributed by atoms with E-state index in [4.69, 9.17) is 11.6 Å². The molecular formula is C21H25ClN2O4S. The summed E-state index contributed by atoms with van der Waals surface area (Å²) in [5.74, 6) is -1.37. The van der Waals surface area contributed by atoms with Gasteiger partial charge in [0.2, 0.25) is 0 Å². The zero-order chi connectivity index (χ0) is 21.0. The third-order valence-corrected chi connectivity index (χ3v) is 6.51. The Bertz CT molecular complexity index is 872. The predicted molar refractivity (Wildman–Crippen MR) is 113 cm³/mol. The average Bonchev–Trinajstić information content (AvgIpc) is 3.35. The molecule has 1 fully saturated rings. The van der Waals surface area contributed by atoms with Gasteiger partial charge in [0.25, 0.3) is 11.8 Å². The van der Waals surface area contributed by atoms with E-state index in [-0.39, 0.29) is 12.6 Å². The summed E-state index contributed by atoms with van der Waals surface area (Å²) in [6, 6.07) is 9.61. The average molecular weight is 437 g/mol. The molecule has 29 heavy (non-hydrogen) atoms. The van der Waals surface area contributed by atoms with Crippen LogP contribution in [0.5, 0.6) is 0 Å². The fourth-order valence-electron chi connectivity index (χ4n) is 3.46. The largest absolute Gasteiger partial charge is 0.380 e. The molecule has 2 aromatic rings. The Hall–Kier alpha value is -1.93. The minimum Gasteiger partial charge on any atom is -0.380 e. The van der Waals surface area contributed by atoms with E-state index < -0.39 is 24.0 Å². The van der Waals surface area contributed by atoms with Crippen molar-refractivity contribution in [3.8, 4) is 0 Å². The van der Waals surface area contributed by atoms with E-state index in [0.717, 1.165) is 28.8 Å². The summed E-state index contributed by atoms with van der Waals surface area (Å²) in [5, 5.41) is 25.5. The molecule has 8 heteroatoms. The third-order valence-electron chi connectivity index (χ3n) is 5.15. The standard InChI is InChI=1S/C21H25ClN2O4S/c1-13-5-4-8-24(13)21(28)19(26)18(25)20(27)23-11-16-10-14(12-29-16)9-15-6-2-3-7-17(15)22/h2-3,6-7,10,12-13,18-19,25-26H,4-5,8-9,11H2,1H3,(H,23,27)/t13-,18?,19?/m0/s1. The third kappa shape index (κ3) is 5.36. The first-order valence-corrected chi connectivity index (χ1v) is 10.9. The molecule has 156 valence electrons. The summed E-state index contributed by atoms with van der Waals surface area (Å²) >= 11 is 7.68. The number of carbonyl (C=O) groups is 2. The number of halogens is 1. The summed E-state index contributed by atoms with van der Waals surface area (Å²) in [7, 11) is 0. The first-order chi connectivity index (χ1) is 13.9. The van der Waals surface area contributed by atoms with Crippen LogP contribution in [0.4, 0.5) is 0 Å². The van der Waals surface area contributed by atoms with Gasteiger partial charge in [0, 0.05) is 22.5 Å². The van der Waals surface area contributed by atoms with Crippen LogP contribution in [0, 0.1) is 0 Å². The van der Waals surface area contributed by atoms with E-state index >= 15 is 0 Å². The summed E-state index contributed by atoms with van der Waals surface area (Å²) in [6.45, 7) is 2.64. The monoisotopic (exact) mass is 436 g/mol. The maximum absolute atomic E-state index is 12.3. The Balaban J connectivity index is 1.52. The maximum atomic E-state index is 12.3. The molecule has 3 atom stereocenters. The van der Waals surface area contributed by atoms with Gasteiger partial charge in [-0.3, -0.25) is 9.59 Å². The van der Waals surface area contributed by atoms with Gasteiger partial charge in [0.1, 0.15) is 0 Å². The number of likely N-dealkylation sites (tertiary alicyclic amines) is 1. The Kier molecular flexibility index (Phi) is 7.29. The highest BCUT2D eigenvalue weighted by atomic mass is 35.5. The number of aliphatic hydroxyl groups excluding tert-OH is 2. The summed E-state index contributed by atoms with van der Waals surface area (Å²) in [4.78, 5) is 26.9. The number of nitrogens with zero attached hydrogens (tertiary/aromatic N) is 1. The molecule has 2 heterocycles. The molecule has 0 aliphatic carbocycles. The number of hydrogen-bond donors (Lipinski definition) is 3. The van der Waals surface area contributed by atoms with Gasteiger partial charge in [-0.2, -0.15) is 0 Å². The highest BCUT2D eigenvalue weighted by Gasteiger charge is 2.36. The van der Waals surface area contributed by atoms with Gasteiger partial charge in [-0.1, -0.05) is 29.8 Å². The second-order valence-corrected chi connectivity index (χ2v) is 8.72. The van der Waals surface area contributed by atoms with Crippen molar-refractivity contribution in [1.82, 2.24) is 10.2 Å². The molecule has 1 aliphatic heterocycles. The Labute approximate surface area is 179 Å². The van der Waals surface area contributed by atoms with Crippen LogP contribution in [0.15, 0.2) is 35.7 Å². The number of hydrogen-bond acceptors (Lipinski definition) is 5. The molecule has 0 bridgehead atoms. The minimum atomic E-state index is -1.79. The van der Waals surface area contributed by atoms with Crippen molar-refractivity contribution < 1.29 is 19.8 Å². The van der Waals surface area contributed by atoms with Crippen molar-refractivity contribution in [2.45, 2.75) is 51.0 Å². The number of amides is 2. The van der Waals surface area contributed by atoms with Crippen LogP contribution in [0.1, 0.15) is 35.8 Å². The van der Waals surface area contributed by atoms with Crippen molar-refractivity contribution >= 4 is 34.8 Å². The van der Waals surface area contributed by atoms with Crippen LogP contribution in [-0.4, -0.2) is 51.7 Å². The van der Waals surface area contributed by atoms with Gasteiger partial charge in [0.15, 0.2) is 12.2 Å². The Morgan fingerprint density at radius 1 is 1.31 bits per heavy atom. The van der Waals surface area contributed by atoms with Gasteiger partial charge < -0.3 is 20.4 Å². The molecule has 1 aromatic heterocycles. The fourth-order valence-corrected chi connectivity index (χ4v) is 4.49. The van der Waals surface area contributed by atoms with E-state index in [0.29, 0.717) is 18.0 Å². The van der Waals surface area contributed by atoms with Crippen molar-refractivity contribution in [3.63, 3.8) is 0 Å². The van der Waals surface area contributed by atoms with Crippen molar-refractivity contribution in [3.05, 3.63) is 56.7 Å². The maximum Gasteiger partial charge on any atom is 0.254 e. The quantitative estimate of drug-likeness (QED) is 0.621. The number of thiophene rings is 1. The zero-order valence-electron chi connectivity index (χ0n) is 16.2. The van der Waals surface area contributed by atoms with Gasteiger partial charge in [-0.25, -0.2) is 0 Å². The van der Waals surface area contributed by atoms with E-state index in [9.17, 15) is 19.8 Å². The molecule has 1 aromatic carbocycles. The number of carbonyl (C=O) groups excluding carboxylic acids is 2. The molecular weight excluding hydrogens is 412 g/mol. The lowest BCUT2D eigenvalue weighted by molar-refractivity contribution is -0.153. The topological polar surface area (TPSA) is 89.9 Å². The van der Waals surface area contributed by atoms with Gasteiger partial charge in [0.05, 0.1) is 6.54 Å². The van der Waals surface area contributed by atoms with E-state index in [1.165, 1.54) is 16.2 Å². The Morgan fingerprint density at radius 2 is 2.07 bits per heavy atom. The molecule has 3 N–H and O–H groups in total. The zero-order valence-corrected chi connectivity index (χ0v) is 17.7. The van der Waals surface area contributed by atoms with Crippen molar-refractivity contribution in [1.29, 1.82) is 0 Å². The second kappa shape index (κ2) is 9.71. The van der Waals surface area contributed by atoms with Gasteiger partial charge >= 0.3 is 0 Å². The number of benzene rings is 1. The molecule has 2 unspecified atom stereocenters. The molecule has 1 saturated heterocycles. The normalized spacial score (nSPS) is 18.5. The first-order valence-electron chi connectivity index (χ1n) is 9.61. The fraction of sp³-hybridized carbons (Fsp3) is 0.429. The van der Waals surface area contributed by atoms with Crippen LogP contribution in [0.2, 0.25) is 5.02 Å². The Morgan fingerprint density at radius 3 is 2.76 bits per heavy atom. The number of rotatable bonds is 7. The van der Waals surface area contributed by atoms with Crippen LogP contribution in [0.25, 0.3) is 0 Å². The first kappa shape index (κ1) is 21.8. The van der Waals surface area contributed by atoms with Crippen LogP contribution in [-0.2, 0) is 22.6 Å². The van der Waals surface area contributed by atoms with E-state index in [2.05, 4.69) is 5.32 Å². The van der Waals surface area contributed by atoms with E-state index in [1.54, 1.807) is 0 Å². The van der Waals surface area contributed by atoms with E-state index in [1.807, 2.05) is 42.6 Å². The van der Waals surface area contributed by atoms with Crippen molar-refractivity contribution in [2.75, 3.05) is 6.54 Å². The molecule has 0 saturated carbocycles. The summed E-state index contributed by atoms with van der Waals surface area (Å²) in [6.07, 6.45) is -1.15. The van der Waals surface area contributed by atoms with Crippen LogP contribution >= 0.6 is 22.9 Å². The molecule has 0 spiro atoms. The van der Waals surface area contributed by atoms with Gasteiger partial charge in [-0.15, -0.1) is 11.3 Å². The minimum absolute atomic E-state index is 0.00932. The number of aliphatic hydroxyl groups is 2. The molecule has 6 nitrogen and oxygen atoms in total. The smallest absolute Gasteiger partial charge is 0.254 e. The van der Waals surface area contributed by atoms with Crippen molar-refractivity contribution in [2.24, 2.45) is 0 Å². The molecule has 1 aliphatic rings. The van der Waals surface area contributed by atoms with Crippen LogP contribution < -0.4 is 5.32 Å². The lowest BCUT2D eigenvalue weighted by Crippen LogP contribution is -2.51. The lowest BCUT2D eigenvalue weighted by Gasteiger charge is -2.26. The molecule has 2 amide bonds. The predicted octanol–water partition coefficient (Wildman–Crippen LogP) is 2.34. The summed E-state index contributed by atoms with van der Waals surface area (Å²) < 4.78 is 0.